The first-order valence-corrected chi connectivity index (χ1v) is 7.26. The van der Waals surface area contributed by atoms with E-state index in [1.54, 1.807) is 18.7 Å². The molecule has 1 unspecified atom stereocenters. The maximum absolute atomic E-state index is 11.9. The summed E-state index contributed by atoms with van der Waals surface area (Å²) in [5, 5.41) is 6.21. The third kappa shape index (κ3) is 3.66. The topological polar surface area (TPSA) is 71.8 Å². The summed E-state index contributed by atoms with van der Waals surface area (Å²) in [7, 11) is 0. The fourth-order valence-electron chi connectivity index (χ4n) is 2.53. The Morgan fingerprint density at radius 2 is 2.43 bits per heavy atom. The highest BCUT2D eigenvalue weighted by molar-refractivity contribution is 5.90. The first-order valence-electron chi connectivity index (χ1n) is 7.26. The second-order valence-corrected chi connectivity index (χ2v) is 5.32. The van der Waals surface area contributed by atoms with Gasteiger partial charge < -0.3 is 10.6 Å². The zero-order valence-electron chi connectivity index (χ0n) is 11.8. The third-order valence-corrected chi connectivity index (χ3v) is 3.74. The molecular weight excluding hydrogens is 266 g/mol. The molecular formula is C15H19N5O. The Balaban J connectivity index is 1.51. The van der Waals surface area contributed by atoms with Crippen molar-refractivity contribution < 1.29 is 4.79 Å². The van der Waals surface area contributed by atoms with Crippen LogP contribution in [0.4, 0.5) is 5.69 Å². The van der Waals surface area contributed by atoms with Gasteiger partial charge in [-0.3, -0.25) is 9.36 Å². The van der Waals surface area contributed by atoms with Gasteiger partial charge in [-0.1, -0.05) is 0 Å². The summed E-state index contributed by atoms with van der Waals surface area (Å²) in [5.41, 5.74) is 0.730. The van der Waals surface area contributed by atoms with Crippen molar-refractivity contribution in [1.82, 2.24) is 19.9 Å². The van der Waals surface area contributed by atoms with Crippen LogP contribution < -0.4 is 10.6 Å². The molecule has 3 heterocycles. The Morgan fingerprint density at radius 1 is 1.48 bits per heavy atom. The average molecular weight is 285 g/mol. The Hall–Kier alpha value is -2.21. The molecule has 1 aliphatic heterocycles. The number of hydrogen-bond acceptors (Lipinski definition) is 4. The molecule has 1 amide bonds. The molecule has 2 aromatic heterocycles. The van der Waals surface area contributed by atoms with Gasteiger partial charge in [0.15, 0.2) is 0 Å². The van der Waals surface area contributed by atoms with Crippen molar-refractivity contribution in [2.75, 3.05) is 18.4 Å². The second kappa shape index (κ2) is 6.49. The van der Waals surface area contributed by atoms with E-state index in [4.69, 9.17) is 0 Å². The number of rotatable bonds is 5. The van der Waals surface area contributed by atoms with E-state index in [0.29, 0.717) is 12.3 Å². The molecule has 0 saturated carbocycles. The Labute approximate surface area is 123 Å². The summed E-state index contributed by atoms with van der Waals surface area (Å²) in [6, 6.07) is 3.72. The zero-order chi connectivity index (χ0) is 14.5. The van der Waals surface area contributed by atoms with Gasteiger partial charge in [-0.2, -0.15) is 0 Å². The first-order chi connectivity index (χ1) is 10.3. The highest BCUT2D eigenvalue weighted by Gasteiger charge is 2.15. The molecule has 6 heteroatoms. The first kappa shape index (κ1) is 13.8. The molecule has 1 aliphatic rings. The van der Waals surface area contributed by atoms with Crippen LogP contribution in [0.2, 0.25) is 0 Å². The lowest BCUT2D eigenvalue weighted by atomic mass is 10.0. The lowest BCUT2D eigenvalue weighted by Gasteiger charge is -2.09. The highest BCUT2D eigenvalue weighted by atomic mass is 16.1. The van der Waals surface area contributed by atoms with E-state index >= 15 is 0 Å². The molecule has 1 saturated heterocycles. The minimum absolute atomic E-state index is 0.0547. The van der Waals surface area contributed by atoms with Gasteiger partial charge in [0.25, 0.3) is 0 Å². The van der Waals surface area contributed by atoms with Crippen molar-refractivity contribution >= 4 is 11.6 Å². The summed E-state index contributed by atoms with van der Waals surface area (Å²) < 4.78 is 1.82. The third-order valence-electron chi connectivity index (χ3n) is 3.74. The molecule has 1 fully saturated rings. The average Bonchev–Trinajstić information content (AvgIpc) is 3.19. The molecule has 0 aliphatic carbocycles. The van der Waals surface area contributed by atoms with Gasteiger partial charge >= 0.3 is 0 Å². The molecule has 0 radical (unpaired) electrons. The van der Waals surface area contributed by atoms with E-state index in [1.807, 2.05) is 22.9 Å². The van der Waals surface area contributed by atoms with Crippen LogP contribution in [0.25, 0.3) is 5.82 Å². The van der Waals surface area contributed by atoms with E-state index in [-0.39, 0.29) is 5.91 Å². The fourth-order valence-corrected chi connectivity index (χ4v) is 2.53. The number of hydrogen-bond donors (Lipinski definition) is 2. The molecule has 1 atom stereocenters. The maximum atomic E-state index is 11.9. The van der Waals surface area contributed by atoms with Gasteiger partial charge in [0.2, 0.25) is 5.91 Å². The summed E-state index contributed by atoms with van der Waals surface area (Å²) in [6.45, 7) is 2.11. The number of nitrogens with zero attached hydrogens (tertiary/aromatic N) is 3. The molecule has 3 rings (SSSR count). The van der Waals surface area contributed by atoms with Crippen molar-refractivity contribution in [2.24, 2.45) is 5.92 Å². The largest absolute Gasteiger partial charge is 0.325 e. The van der Waals surface area contributed by atoms with Crippen LogP contribution in [0.15, 0.2) is 37.1 Å². The second-order valence-electron chi connectivity index (χ2n) is 5.32. The normalized spacial score (nSPS) is 17.8. The zero-order valence-corrected chi connectivity index (χ0v) is 11.8. The monoisotopic (exact) mass is 285 g/mol. The number of aromatic nitrogens is 3. The van der Waals surface area contributed by atoms with Crippen LogP contribution in [-0.4, -0.2) is 33.5 Å². The number of carbonyl (C=O) groups excluding carboxylic acids is 1. The minimum atomic E-state index is 0.0547. The van der Waals surface area contributed by atoms with Gasteiger partial charge in [-0.25, -0.2) is 9.97 Å². The molecule has 21 heavy (non-hydrogen) atoms. The number of pyridine rings is 1. The molecule has 6 nitrogen and oxygen atoms in total. The lowest BCUT2D eigenvalue weighted by Crippen LogP contribution is -2.15. The van der Waals surface area contributed by atoms with Crippen molar-refractivity contribution in [3.63, 3.8) is 0 Å². The van der Waals surface area contributed by atoms with Crippen molar-refractivity contribution in [1.29, 1.82) is 0 Å². The Morgan fingerprint density at radius 3 is 3.10 bits per heavy atom. The van der Waals surface area contributed by atoms with Crippen molar-refractivity contribution in [2.45, 2.75) is 19.3 Å². The summed E-state index contributed by atoms with van der Waals surface area (Å²) in [5.74, 6) is 1.47. The van der Waals surface area contributed by atoms with Gasteiger partial charge in [0.05, 0.1) is 11.9 Å². The van der Waals surface area contributed by atoms with E-state index < -0.39 is 0 Å². The SMILES string of the molecule is O=C(CCC1CCNC1)Nc1ccc(-n2ccnc2)nc1. The van der Waals surface area contributed by atoms with E-state index in [2.05, 4.69) is 20.6 Å². The van der Waals surface area contributed by atoms with Crippen LogP contribution in [0.3, 0.4) is 0 Å². The number of imidazole rings is 1. The summed E-state index contributed by atoms with van der Waals surface area (Å²) in [4.78, 5) is 20.2. The predicted octanol–water partition coefficient (Wildman–Crippen LogP) is 1.60. The predicted molar refractivity (Wildman–Crippen MR) is 80.2 cm³/mol. The number of carbonyl (C=O) groups is 1. The minimum Gasteiger partial charge on any atom is -0.325 e. The molecule has 0 spiro atoms. The molecule has 2 aromatic rings. The number of anilines is 1. The molecule has 2 N–H and O–H groups in total. The smallest absolute Gasteiger partial charge is 0.224 e. The van der Waals surface area contributed by atoms with E-state index in [1.165, 1.54) is 6.42 Å². The highest BCUT2D eigenvalue weighted by Crippen LogP contribution is 2.15. The number of amides is 1. The van der Waals surface area contributed by atoms with Crippen LogP contribution in [0, 0.1) is 5.92 Å². The van der Waals surface area contributed by atoms with E-state index in [0.717, 1.165) is 31.0 Å². The molecule has 110 valence electrons. The van der Waals surface area contributed by atoms with Crippen molar-refractivity contribution in [3.05, 3.63) is 37.1 Å². The maximum Gasteiger partial charge on any atom is 0.224 e. The molecule has 0 aromatic carbocycles. The van der Waals surface area contributed by atoms with Gasteiger partial charge in [-0.05, 0) is 44.0 Å². The van der Waals surface area contributed by atoms with Gasteiger partial charge in [0.1, 0.15) is 12.1 Å². The van der Waals surface area contributed by atoms with Crippen molar-refractivity contribution in [3.8, 4) is 5.82 Å². The lowest BCUT2D eigenvalue weighted by molar-refractivity contribution is -0.116. The van der Waals surface area contributed by atoms with Gasteiger partial charge in [-0.15, -0.1) is 0 Å². The van der Waals surface area contributed by atoms with Gasteiger partial charge in [0, 0.05) is 18.8 Å². The van der Waals surface area contributed by atoms with Crippen LogP contribution >= 0.6 is 0 Å². The molecule has 0 bridgehead atoms. The van der Waals surface area contributed by atoms with Crippen LogP contribution in [-0.2, 0) is 4.79 Å². The standard InChI is InChI=1S/C15H19N5O/c21-15(4-1-12-5-6-16-9-12)19-13-2-3-14(18-10-13)20-8-7-17-11-20/h2-3,7-8,10-12,16H,1,4-6,9H2,(H,19,21). The number of nitrogens with one attached hydrogen (secondary N) is 2. The Kier molecular flexibility index (Phi) is 4.25. The van der Waals surface area contributed by atoms with Crippen LogP contribution in [0.5, 0.6) is 0 Å². The quantitative estimate of drug-likeness (QED) is 0.875. The van der Waals surface area contributed by atoms with Crippen LogP contribution in [0.1, 0.15) is 19.3 Å². The van der Waals surface area contributed by atoms with E-state index in [9.17, 15) is 4.79 Å². The Bertz CT molecular complexity index is 573. The summed E-state index contributed by atoms with van der Waals surface area (Å²) >= 11 is 0. The summed E-state index contributed by atoms with van der Waals surface area (Å²) in [6.07, 6.45) is 9.58. The fraction of sp³-hybridized carbons (Fsp3) is 0.400.